The van der Waals surface area contributed by atoms with Gasteiger partial charge in [-0.25, -0.2) is 0 Å². The van der Waals surface area contributed by atoms with Crippen molar-refractivity contribution in [1.82, 2.24) is 0 Å². The van der Waals surface area contributed by atoms with Gasteiger partial charge in [-0.2, -0.15) is 0 Å². The lowest BCUT2D eigenvalue weighted by Gasteiger charge is -2.35. The van der Waals surface area contributed by atoms with Crippen molar-refractivity contribution in [2.45, 2.75) is 64.5 Å². The van der Waals surface area contributed by atoms with Gasteiger partial charge in [-0.05, 0) is 76.7 Å². The molecular formula is C30H40N4. The number of anilines is 2. The molecule has 2 aliphatic heterocycles. The molecule has 0 saturated heterocycles. The molecule has 0 radical (unpaired) electrons. The third-order valence-corrected chi connectivity index (χ3v) is 7.08. The summed E-state index contributed by atoms with van der Waals surface area (Å²) in [6, 6.07) is 17.7. The van der Waals surface area contributed by atoms with Crippen LogP contribution in [0.15, 0.2) is 72.8 Å². The van der Waals surface area contributed by atoms with E-state index in [4.69, 9.17) is 11.5 Å². The largest absolute Gasteiger partial charge is 0.398 e. The summed E-state index contributed by atoms with van der Waals surface area (Å²) < 4.78 is 0. The van der Waals surface area contributed by atoms with E-state index in [0.717, 1.165) is 37.3 Å². The highest BCUT2D eigenvalue weighted by Crippen LogP contribution is 2.33. The number of fused-ring (bicyclic) bond motifs is 2. The lowest BCUT2D eigenvalue weighted by atomic mass is 10.00. The molecule has 0 aromatic heterocycles. The van der Waals surface area contributed by atoms with Crippen molar-refractivity contribution >= 4 is 22.8 Å². The van der Waals surface area contributed by atoms with Crippen molar-refractivity contribution in [3.8, 4) is 0 Å². The van der Waals surface area contributed by atoms with Crippen LogP contribution in [0.4, 0.5) is 11.4 Å². The molecule has 2 aromatic rings. The van der Waals surface area contributed by atoms with Gasteiger partial charge >= 0.3 is 0 Å². The van der Waals surface area contributed by atoms with E-state index in [2.05, 4.69) is 96.5 Å². The second kappa shape index (κ2) is 11.3. The highest BCUT2D eigenvalue weighted by molar-refractivity contribution is 5.80. The fourth-order valence-electron chi connectivity index (χ4n) is 5.23. The second-order valence-electron chi connectivity index (χ2n) is 9.61. The van der Waals surface area contributed by atoms with Crippen LogP contribution in [0, 0.1) is 0 Å². The van der Waals surface area contributed by atoms with Gasteiger partial charge in [0, 0.05) is 59.1 Å². The number of hydrogen-bond acceptors (Lipinski definition) is 4. The fourth-order valence-corrected chi connectivity index (χ4v) is 5.23. The average Bonchev–Trinajstić information content (AvgIpc) is 2.83. The lowest BCUT2D eigenvalue weighted by molar-refractivity contribution is 0.653. The Morgan fingerprint density at radius 2 is 1.06 bits per heavy atom. The van der Waals surface area contributed by atoms with Crippen LogP contribution >= 0.6 is 0 Å². The van der Waals surface area contributed by atoms with Crippen LogP contribution in [0.1, 0.15) is 63.5 Å². The van der Waals surface area contributed by atoms with Gasteiger partial charge in [0.1, 0.15) is 0 Å². The van der Waals surface area contributed by atoms with E-state index in [1.54, 1.807) is 0 Å². The number of nitrogens with zero attached hydrogens (tertiary/aromatic N) is 2. The number of hydrogen-bond donors (Lipinski definition) is 2. The summed E-state index contributed by atoms with van der Waals surface area (Å²) >= 11 is 0. The number of unbranched alkanes of at least 4 members (excludes halogenated alkanes) is 4. The van der Waals surface area contributed by atoms with Gasteiger partial charge < -0.3 is 21.3 Å². The predicted molar refractivity (Wildman–Crippen MR) is 148 cm³/mol. The maximum Gasteiger partial charge on any atom is 0.0467 e. The van der Waals surface area contributed by atoms with Crippen molar-refractivity contribution in [3.63, 3.8) is 0 Å². The third-order valence-electron chi connectivity index (χ3n) is 7.08. The Kier molecular flexibility index (Phi) is 7.99. The number of benzene rings is 2. The summed E-state index contributed by atoms with van der Waals surface area (Å²) in [7, 11) is 0. The zero-order valence-electron chi connectivity index (χ0n) is 20.8. The van der Waals surface area contributed by atoms with Gasteiger partial charge in [0.15, 0.2) is 0 Å². The first-order chi connectivity index (χ1) is 16.6. The number of allylic oxidation sites excluding steroid dienone is 2. The van der Waals surface area contributed by atoms with E-state index < -0.39 is 0 Å². The number of nitrogens with two attached hydrogens (primary N) is 2. The van der Waals surface area contributed by atoms with Crippen LogP contribution < -0.4 is 21.3 Å². The van der Waals surface area contributed by atoms with Gasteiger partial charge in [0.05, 0.1) is 0 Å². The highest BCUT2D eigenvalue weighted by Gasteiger charge is 2.22. The van der Waals surface area contributed by atoms with Crippen molar-refractivity contribution in [2.75, 3.05) is 22.9 Å². The summed E-state index contributed by atoms with van der Waals surface area (Å²) in [6.45, 7) is 6.61. The summed E-state index contributed by atoms with van der Waals surface area (Å²) in [4.78, 5) is 4.97. The van der Waals surface area contributed by atoms with E-state index in [-0.39, 0.29) is 0 Å². The Bertz CT molecular complexity index is 968. The Morgan fingerprint density at radius 3 is 1.50 bits per heavy atom. The topological polar surface area (TPSA) is 58.5 Å². The Hall–Kier alpha value is -3.14. The molecule has 0 saturated carbocycles. The quantitative estimate of drug-likeness (QED) is 0.325. The normalized spacial score (nSPS) is 19.6. The van der Waals surface area contributed by atoms with Crippen LogP contribution in [0.3, 0.4) is 0 Å². The molecule has 0 bridgehead atoms. The fraction of sp³-hybridized carbons (Fsp3) is 0.400. The molecule has 2 atom stereocenters. The molecule has 34 heavy (non-hydrogen) atoms. The predicted octanol–water partition coefficient (Wildman–Crippen LogP) is 6.30. The van der Waals surface area contributed by atoms with E-state index in [1.165, 1.54) is 48.2 Å². The molecule has 4 N–H and O–H groups in total. The van der Waals surface area contributed by atoms with Gasteiger partial charge in [0.25, 0.3) is 0 Å². The van der Waals surface area contributed by atoms with E-state index in [9.17, 15) is 0 Å². The molecule has 4 heteroatoms. The van der Waals surface area contributed by atoms with Crippen molar-refractivity contribution in [2.24, 2.45) is 11.5 Å². The van der Waals surface area contributed by atoms with Crippen LogP contribution in [-0.2, 0) is 0 Å². The maximum absolute atomic E-state index is 6.23. The van der Waals surface area contributed by atoms with Crippen LogP contribution in [0.5, 0.6) is 0 Å². The molecule has 180 valence electrons. The van der Waals surface area contributed by atoms with Crippen molar-refractivity contribution in [1.29, 1.82) is 0 Å². The van der Waals surface area contributed by atoms with Gasteiger partial charge in [-0.15, -0.1) is 0 Å². The zero-order chi connectivity index (χ0) is 23.9. The minimum Gasteiger partial charge on any atom is -0.398 e. The van der Waals surface area contributed by atoms with Crippen molar-refractivity contribution < 1.29 is 0 Å². The Labute approximate surface area is 205 Å². The molecule has 0 amide bonds. The third kappa shape index (κ3) is 5.49. The summed E-state index contributed by atoms with van der Waals surface area (Å²) in [5.74, 6) is 0. The van der Waals surface area contributed by atoms with Crippen LogP contribution in [-0.4, -0.2) is 25.2 Å². The van der Waals surface area contributed by atoms with E-state index in [1.807, 2.05) is 0 Å². The monoisotopic (exact) mass is 456 g/mol. The molecule has 4 nitrogen and oxygen atoms in total. The molecule has 2 aromatic carbocycles. The summed E-state index contributed by atoms with van der Waals surface area (Å²) in [5.41, 5.74) is 19.2. The minimum absolute atomic E-state index is 0.354. The SMILES string of the molecule is CC1C=C(N)c2ccccc2N1CCCC/C=C\CCCCN1c2ccccc2C(N)=CC1C. The Balaban J connectivity index is 1.13. The molecule has 0 aliphatic carbocycles. The van der Waals surface area contributed by atoms with E-state index in [0.29, 0.717) is 12.1 Å². The summed E-state index contributed by atoms with van der Waals surface area (Å²) in [6.07, 6.45) is 16.2. The average molecular weight is 457 g/mol. The van der Waals surface area contributed by atoms with Crippen LogP contribution in [0.25, 0.3) is 11.4 Å². The van der Waals surface area contributed by atoms with Crippen LogP contribution in [0.2, 0.25) is 0 Å². The van der Waals surface area contributed by atoms with Crippen molar-refractivity contribution in [3.05, 3.63) is 84.0 Å². The minimum atomic E-state index is 0.354. The first kappa shape index (κ1) is 24.0. The lowest BCUT2D eigenvalue weighted by Crippen LogP contribution is -2.36. The second-order valence-corrected chi connectivity index (χ2v) is 9.61. The number of para-hydroxylation sites is 2. The molecule has 2 aliphatic rings. The maximum atomic E-state index is 6.23. The molecule has 4 rings (SSSR count). The van der Waals surface area contributed by atoms with Gasteiger partial charge in [-0.3, -0.25) is 0 Å². The zero-order valence-corrected chi connectivity index (χ0v) is 20.8. The smallest absolute Gasteiger partial charge is 0.0467 e. The molecular weight excluding hydrogens is 416 g/mol. The first-order valence-corrected chi connectivity index (χ1v) is 12.9. The number of rotatable bonds is 10. The highest BCUT2D eigenvalue weighted by atomic mass is 15.2. The molecule has 2 heterocycles. The first-order valence-electron chi connectivity index (χ1n) is 12.9. The van der Waals surface area contributed by atoms with Gasteiger partial charge in [0.2, 0.25) is 0 Å². The van der Waals surface area contributed by atoms with E-state index >= 15 is 0 Å². The molecule has 0 fully saturated rings. The standard InChI is InChI=1S/C30H40N4/c1-23-21-27(31)25-15-9-11-17-29(25)33(23)19-13-7-5-3-4-6-8-14-20-34-24(2)22-28(32)26-16-10-12-18-30(26)34/h3-4,9-12,15-18,21-24H,5-8,13-14,19-20,31-32H2,1-2H3/b4-3-. The molecule has 0 spiro atoms. The molecule has 2 unspecified atom stereocenters. The Morgan fingerprint density at radius 1 is 0.647 bits per heavy atom. The van der Waals surface area contributed by atoms with Gasteiger partial charge in [-0.1, -0.05) is 48.6 Å². The summed E-state index contributed by atoms with van der Waals surface area (Å²) in [5, 5.41) is 0.